The van der Waals surface area contributed by atoms with Crippen molar-refractivity contribution in [1.82, 2.24) is 4.98 Å². The lowest BCUT2D eigenvalue weighted by molar-refractivity contribution is 0.307. The summed E-state index contributed by atoms with van der Waals surface area (Å²) in [5.74, 6) is 0.660. The Labute approximate surface area is 118 Å². The molecule has 0 aliphatic heterocycles. The molecule has 0 bridgehead atoms. The molecule has 0 saturated heterocycles. The van der Waals surface area contributed by atoms with Crippen molar-refractivity contribution < 1.29 is 9.13 Å². The molecule has 0 aliphatic carbocycles. The van der Waals surface area contributed by atoms with Gasteiger partial charge in [0.1, 0.15) is 11.6 Å². The van der Waals surface area contributed by atoms with Crippen molar-refractivity contribution in [3.05, 3.63) is 42.2 Å². The first-order valence-corrected chi connectivity index (χ1v) is 6.51. The standard InChI is InChI=1S/C15H18FN3O/c1-3-10-20-15-12(17)8-9-14(18-15)19(2)13-7-5-4-6-11(13)16/h4-9H,3,10,17H2,1-2H3. The molecule has 4 nitrogen and oxygen atoms in total. The van der Waals surface area contributed by atoms with Crippen molar-refractivity contribution in [3.8, 4) is 5.88 Å². The van der Waals surface area contributed by atoms with E-state index in [9.17, 15) is 4.39 Å². The molecule has 0 unspecified atom stereocenters. The summed E-state index contributed by atoms with van der Waals surface area (Å²) in [6.07, 6.45) is 0.870. The van der Waals surface area contributed by atoms with Crippen LogP contribution in [0.5, 0.6) is 5.88 Å². The van der Waals surface area contributed by atoms with Gasteiger partial charge in [-0.2, -0.15) is 4.98 Å². The predicted octanol–water partition coefficient (Wildman–Crippen LogP) is 3.36. The summed E-state index contributed by atoms with van der Waals surface area (Å²) in [6.45, 7) is 2.55. The highest BCUT2D eigenvalue weighted by Gasteiger charge is 2.12. The molecule has 0 aliphatic rings. The third kappa shape index (κ3) is 2.99. The lowest BCUT2D eigenvalue weighted by Gasteiger charge is -2.20. The van der Waals surface area contributed by atoms with Crippen molar-refractivity contribution in [3.63, 3.8) is 0 Å². The van der Waals surface area contributed by atoms with Gasteiger partial charge in [-0.3, -0.25) is 0 Å². The van der Waals surface area contributed by atoms with E-state index in [4.69, 9.17) is 10.5 Å². The fourth-order valence-electron chi connectivity index (χ4n) is 1.79. The summed E-state index contributed by atoms with van der Waals surface area (Å²) in [7, 11) is 1.75. The van der Waals surface area contributed by atoms with Crippen molar-refractivity contribution >= 4 is 17.2 Å². The van der Waals surface area contributed by atoms with Crippen LogP contribution in [-0.4, -0.2) is 18.6 Å². The van der Waals surface area contributed by atoms with Gasteiger partial charge in [-0.1, -0.05) is 19.1 Å². The van der Waals surface area contributed by atoms with Crippen LogP contribution in [0.4, 0.5) is 21.6 Å². The highest BCUT2D eigenvalue weighted by atomic mass is 19.1. The van der Waals surface area contributed by atoms with Crippen LogP contribution in [0.1, 0.15) is 13.3 Å². The van der Waals surface area contributed by atoms with E-state index in [2.05, 4.69) is 4.98 Å². The summed E-state index contributed by atoms with van der Waals surface area (Å²) in [5.41, 5.74) is 6.75. The monoisotopic (exact) mass is 275 g/mol. The largest absolute Gasteiger partial charge is 0.476 e. The summed E-state index contributed by atoms with van der Waals surface area (Å²) < 4.78 is 19.3. The number of para-hydroxylation sites is 1. The van der Waals surface area contributed by atoms with Crippen LogP contribution < -0.4 is 15.4 Å². The number of nitrogen functional groups attached to an aromatic ring is 1. The van der Waals surface area contributed by atoms with E-state index in [0.29, 0.717) is 29.7 Å². The Morgan fingerprint density at radius 1 is 1.25 bits per heavy atom. The Morgan fingerprint density at radius 2 is 2.00 bits per heavy atom. The van der Waals surface area contributed by atoms with Crippen LogP contribution in [0, 0.1) is 5.82 Å². The number of nitrogens with two attached hydrogens (primary N) is 1. The van der Waals surface area contributed by atoms with Gasteiger partial charge in [-0.15, -0.1) is 0 Å². The summed E-state index contributed by atoms with van der Waals surface area (Å²) in [5, 5.41) is 0. The highest BCUT2D eigenvalue weighted by Crippen LogP contribution is 2.28. The van der Waals surface area contributed by atoms with Gasteiger partial charge in [0.25, 0.3) is 0 Å². The number of rotatable bonds is 5. The fourth-order valence-corrected chi connectivity index (χ4v) is 1.79. The predicted molar refractivity (Wildman–Crippen MR) is 78.9 cm³/mol. The first-order valence-electron chi connectivity index (χ1n) is 6.51. The molecule has 2 N–H and O–H groups in total. The minimum Gasteiger partial charge on any atom is -0.476 e. The van der Waals surface area contributed by atoms with Gasteiger partial charge >= 0.3 is 0 Å². The number of hydrogen-bond donors (Lipinski definition) is 1. The Bertz CT molecular complexity index is 589. The second-order valence-corrected chi connectivity index (χ2v) is 4.42. The number of benzene rings is 1. The van der Waals surface area contributed by atoms with Crippen LogP contribution in [0.2, 0.25) is 0 Å². The number of hydrogen-bond acceptors (Lipinski definition) is 4. The first-order chi connectivity index (χ1) is 9.63. The van der Waals surface area contributed by atoms with E-state index in [1.54, 1.807) is 42.3 Å². The van der Waals surface area contributed by atoms with Crippen LogP contribution in [-0.2, 0) is 0 Å². The summed E-state index contributed by atoms with van der Waals surface area (Å²) >= 11 is 0. The zero-order valence-electron chi connectivity index (χ0n) is 11.6. The van der Waals surface area contributed by atoms with Crippen molar-refractivity contribution in [2.45, 2.75) is 13.3 Å². The van der Waals surface area contributed by atoms with Crippen LogP contribution in [0.3, 0.4) is 0 Å². The molecule has 0 atom stereocenters. The minimum absolute atomic E-state index is 0.301. The Kier molecular flexibility index (Phi) is 4.40. The SMILES string of the molecule is CCCOc1nc(N(C)c2ccccc2F)ccc1N. The maximum absolute atomic E-state index is 13.8. The van der Waals surface area contributed by atoms with Gasteiger partial charge < -0.3 is 15.4 Å². The Morgan fingerprint density at radius 3 is 2.70 bits per heavy atom. The minimum atomic E-state index is -0.301. The quantitative estimate of drug-likeness (QED) is 0.909. The Balaban J connectivity index is 2.30. The molecule has 0 spiro atoms. The molecule has 2 aromatic rings. The molecule has 0 radical (unpaired) electrons. The zero-order chi connectivity index (χ0) is 14.5. The molecule has 0 amide bonds. The normalized spacial score (nSPS) is 10.3. The molecule has 1 aromatic heterocycles. The van der Waals surface area contributed by atoms with Gasteiger partial charge in [0.2, 0.25) is 5.88 Å². The van der Waals surface area contributed by atoms with Gasteiger partial charge in [-0.05, 0) is 30.7 Å². The lowest BCUT2D eigenvalue weighted by atomic mass is 10.2. The van der Waals surface area contributed by atoms with E-state index in [-0.39, 0.29) is 5.82 Å². The smallest absolute Gasteiger partial charge is 0.239 e. The van der Waals surface area contributed by atoms with E-state index in [1.165, 1.54) is 6.07 Å². The second kappa shape index (κ2) is 6.23. The summed E-state index contributed by atoms with van der Waals surface area (Å²) in [6, 6.07) is 9.99. The number of pyridine rings is 1. The van der Waals surface area contributed by atoms with Gasteiger partial charge in [0.15, 0.2) is 0 Å². The zero-order valence-corrected chi connectivity index (χ0v) is 11.6. The summed E-state index contributed by atoms with van der Waals surface area (Å²) in [4.78, 5) is 6.00. The van der Waals surface area contributed by atoms with Crippen LogP contribution in [0.15, 0.2) is 36.4 Å². The second-order valence-electron chi connectivity index (χ2n) is 4.42. The maximum atomic E-state index is 13.8. The average Bonchev–Trinajstić information content (AvgIpc) is 2.46. The molecular weight excluding hydrogens is 257 g/mol. The van der Waals surface area contributed by atoms with Crippen LogP contribution in [0.25, 0.3) is 0 Å². The number of halogens is 1. The van der Waals surface area contributed by atoms with Crippen molar-refractivity contribution in [2.75, 3.05) is 24.3 Å². The molecule has 0 fully saturated rings. The number of ether oxygens (including phenoxy) is 1. The van der Waals surface area contributed by atoms with Gasteiger partial charge in [0.05, 0.1) is 18.0 Å². The highest BCUT2D eigenvalue weighted by molar-refractivity contribution is 5.63. The third-order valence-corrected chi connectivity index (χ3v) is 2.88. The van der Waals surface area contributed by atoms with Gasteiger partial charge in [0, 0.05) is 7.05 Å². The molecule has 1 heterocycles. The number of nitrogens with zero attached hydrogens (tertiary/aromatic N) is 2. The molecule has 1 aromatic carbocycles. The molecule has 20 heavy (non-hydrogen) atoms. The van der Waals surface area contributed by atoms with Gasteiger partial charge in [-0.25, -0.2) is 4.39 Å². The number of anilines is 3. The maximum Gasteiger partial charge on any atom is 0.239 e. The molecule has 5 heteroatoms. The van der Waals surface area contributed by atoms with Crippen molar-refractivity contribution in [1.29, 1.82) is 0 Å². The molecule has 106 valence electrons. The molecule has 0 saturated carbocycles. The van der Waals surface area contributed by atoms with E-state index >= 15 is 0 Å². The third-order valence-electron chi connectivity index (χ3n) is 2.88. The van der Waals surface area contributed by atoms with E-state index < -0.39 is 0 Å². The lowest BCUT2D eigenvalue weighted by Crippen LogP contribution is -2.14. The Hall–Kier alpha value is -2.30. The van der Waals surface area contributed by atoms with E-state index in [0.717, 1.165) is 6.42 Å². The average molecular weight is 275 g/mol. The van der Waals surface area contributed by atoms with E-state index in [1.807, 2.05) is 6.92 Å². The number of aromatic nitrogens is 1. The first kappa shape index (κ1) is 14.1. The fraction of sp³-hybridized carbons (Fsp3) is 0.267. The van der Waals surface area contributed by atoms with Crippen molar-refractivity contribution in [2.24, 2.45) is 0 Å². The molecule has 2 rings (SSSR count). The van der Waals surface area contributed by atoms with Crippen LogP contribution >= 0.6 is 0 Å². The topological polar surface area (TPSA) is 51.4 Å². The molecular formula is C15H18FN3O.